The van der Waals surface area contributed by atoms with Crippen LogP contribution in [-0.4, -0.2) is 84.5 Å². The van der Waals surface area contributed by atoms with Crippen molar-refractivity contribution >= 4 is 12.2 Å². The van der Waals surface area contributed by atoms with E-state index in [0.29, 0.717) is 23.9 Å². The van der Waals surface area contributed by atoms with Crippen LogP contribution >= 0.6 is 0 Å². The van der Waals surface area contributed by atoms with Gasteiger partial charge >= 0.3 is 12.2 Å². The van der Waals surface area contributed by atoms with Gasteiger partial charge in [-0.3, -0.25) is 0 Å². The topological polar surface area (TPSA) is 83.1 Å². The predicted molar refractivity (Wildman–Crippen MR) is 125 cm³/mol. The number of nitrogens with zero attached hydrogens (tertiary/aromatic N) is 2. The minimum absolute atomic E-state index is 0.147. The minimum Gasteiger partial charge on any atom is -0.444 e. The molecule has 8 heteroatoms. The summed E-state index contributed by atoms with van der Waals surface area (Å²) in [5, 5.41) is 6.73. The second-order valence-corrected chi connectivity index (χ2v) is 11.6. The highest BCUT2D eigenvalue weighted by Gasteiger charge is 2.40. The van der Waals surface area contributed by atoms with Crippen molar-refractivity contribution in [2.24, 2.45) is 11.8 Å². The fourth-order valence-corrected chi connectivity index (χ4v) is 5.23. The maximum Gasteiger partial charge on any atom is 0.410 e. The van der Waals surface area contributed by atoms with E-state index in [1.165, 1.54) is 12.8 Å². The summed E-state index contributed by atoms with van der Waals surface area (Å²) in [4.78, 5) is 27.9. The lowest BCUT2D eigenvalue weighted by atomic mass is 9.92. The van der Waals surface area contributed by atoms with Crippen molar-refractivity contribution < 1.29 is 19.1 Å². The van der Waals surface area contributed by atoms with Gasteiger partial charge in [-0.2, -0.15) is 0 Å². The Bertz CT molecular complexity index is 601. The SMILES string of the molecule is CC(C)(C)OC(=O)N1CCC[C@@H]2CNC[C@@H]21.CC(C)(C)OC(=O)N1CCC[C@H]2CNC[C@H]21. The van der Waals surface area contributed by atoms with E-state index < -0.39 is 11.2 Å². The van der Waals surface area contributed by atoms with E-state index >= 15 is 0 Å². The lowest BCUT2D eigenvalue weighted by Crippen LogP contribution is -2.50. The van der Waals surface area contributed by atoms with E-state index in [4.69, 9.17) is 9.47 Å². The summed E-state index contributed by atoms with van der Waals surface area (Å²) < 4.78 is 10.9. The van der Waals surface area contributed by atoms with E-state index in [1.54, 1.807) is 0 Å². The first kappa shape index (κ1) is 25.1. The standard InChI is InChI=1S/2C12H22N2O2/c2*1-12(2,3)16-11(15)14-6-4-5-9-7-13-8-10(9)14/h2*9-10,13H,4-8H2,1-3H3/t2*9-,10+/m10/s1. The Morgan fingerprint density at radius 3 is 1.41 bits per heavy atom. The second kappa shape index (κ2) is 10.2. The molecule has 2 N–H and O–H groups in total. The second-order valence-electron chi connectivity index (χ2n) is 11.6. The third-order valence-corrected chi connectivity index (χ3v) is 6.61. The fraction of sp³-hybridized carbons (Fsp3) is 0.917. The highest BCUT2D eigenvalue weighted by molar-refractivity contribution is 5.69. The molecule has 0 aromatic rings. The van der Waals surface area contributed by atoms with Crippen molar-refractivity contribution in [1.29, 1.82) is 0 Å². The molecule has 4 aliphatic rings. The highest BCUT2D eigenvalue weighted by Crippen LogP contribution is 2.28. The first-order chi connectivity index (χ1) is 14.9. The molecule has 4 heterocycles. The van der Waals surface area contributed by atoms with Crippen molar-refractivity contribution in [3.05, 3.63) is 0 Å². The average Bonchev–Trinajstić information content (AvgIpc) is 3.34. The van der Waals surface area contributed by atoms with Crippen LogP contribution in [0.5, 0.6) is 0 Å². The van der Waals surface area contributed by atoms with Crippen LogP contribution in [0.15, 0.2) is 0 Å². The number of piperidine rings is 2. The smallest absolute Gasteiger partial charge is 0.410 e. The Morgan fingerprint density at radius 2 is 1.06 bits per heavy atom. The number of hydrogen-bond donors (Lipinski definition) is 2. The molecule has 4 rings (SSSR count). The van der Waals surface area contributed by atoms with Gasteiger partial charge in [-0.1, -0.05) is 0 Å². The van der Waals surface area contributed by atoms with Crippen molar-refractivity contribution in [2.75, 3.05) is 39.3 Å². The van der Waals surface area contributed by atoms with Crippen molar-refractivity contribution in [3.63, 3.8) is 0 Å². The predicted octanol–water partition coefficient (Wildman–Crippen LogP) is 3.21. The lowest BCUT2D eigenvalue weighted by molar-refractivity contribution is 0.00567. The molecule has 4 fully saturated rings. The summed E-state index contributed by atoms with van der Waals surface area (Å²) in [6.45, 7) is 17.1. The molecule has 4 atom stereocenters. The van der Waals surface area contributed by atoms with E-state index in [0.717, 1.165) is 52.1 Å². The number of carbonyl (C=O) groups excluding carboxylic acids is 2. The summed E-state index contributed by atoms with van der Waals surface area (Å²) in [6, 6.07) is 0.701. The average molecular weight is 453 g/mol. The summed E-state index contributed by atoms with van der Waals surface area (Å²) in [7, 11) is 0. The van der Waals surface area contributed by atoms with Crippen LogP contribution in [0.25, 0.3) is 0 Å². The number of likely N-dealkylation sites (tertiary alicyclic amines) is 2. The molecule has 0 unspecified atom stereocenters. The van der Waals surface area contributed by atoms with Gasteiger partial charge in [0.15, 0.2) is 0 Å². The Hall–Kier alpha value is -1.54. The number of ether oxygens (including phenoxy) is 2. The third kappa shape index (κ3) is 6.73. The van der Waals surface area contributed by atoms with Crippen LogP contribution in [0, 0.1) is 11.8 Å². The monoisotopic (exact) mass is 452 g/mol. The zero-order valence-electron chi connectivity index (χ0n) is 20.9. The fourth-order valence-electron chi connectivity index (χ4n) is 5.23. The number of amides is 2. The van der Waals surface area contributed by atoms with Gasteiger partial charge in [-0.05, 0) is 79.1 Å². The quantitative estimate of drug-likeness (QED) is 0.587. The maximum atomic E-state index is 12.0. The van der Waals surface area contributed by atoms with E-state index in [2.05, 4.69) is 10.6 Å². The van der Waals surface area contributed by atoms with Gasteiger partial charge in [-0.25, -0.2) is 9.59 Å². The van der Waals surface area contributed by atoms with Crippen LogP contribution < -0.4 is 10.6 Å². The summed E-state index contributed by atoms with van der Waals surface area (Å²) in [5.41, 5.74) is -0.786. The summed E-state index contributed by atoms with van der Waals surface area (Å²) >= 11 is 0. The molecule has 0 aromatic heterocycles. The molecule has 0 aliphatic carbocycles. The first-order valence-corrected chi connectivity index (χ1v) is 12.4. The lowest BCUT2D eigenvalue weighted by Gasteiger charge is -2.37. The molecule has 0 bridgehead atoms. The number of hydrogen-bond acceptors (Lipinski definition) is 6. The highest BCUT2D eigenvalue weighted by atomic mass is 16.6. The van der Waals surface area contributed by atoms with Gasteiger partial charge in [0.05, 0.1) is 12.1 Å². The van der Waals surface area contributed by atoms with Crippen molar-refractivity contribution in [1.82, 2.24) is 20.4 Å². The summed E-state index contributed by atoms with van der Waals surface area (Å²) in [5.74, 6) is 1.25. The van der Waals surface area contributed by atoms with E-state index in [-0.39, 0.29) is 12.2 Å². The molecule has 0 aromatic carbocycles. The van der Waals surface area contributed by atoms with Crippen LogP contribution in [0.3, 0.4) is 0 Å². The Morgan fingerprint density at radius 1 is 0.688 bits per heavy atom. The molecule has 32 heavy (non-hydrogen) atoms. The Labute approximate surface area is 193 Å². The molecule has 0 spiro atoms. The zero-order chi connectivity index (χ0) is 23.5. The van der Waals surface area contributed by atoms with Crippen LogP contribution in [0.2, 0.25) is 0 Å². The number of rotatable bonds is 0. The number of carbonyl (C=O) groups is 2. The van der Waals surface area contributed by atoms with Crippen LogP contribution in [-0.2, 0) is 9.47 Å². The minimum atomic E-state index is -0.393. The van der Waals surface area contributed by atoms with Gasteiger partial charge in [0, 0.05) is 39.3 Å². The molecular weight excluding hydrogens is 408 g/mol. The largest absolute Gasteiger partial charge is 0.444 e. The maximum absolute atomic E-state index is 12.0. The van der Waals surface area contributed by atoms with Crippen molar-refractivity contribution in [2.45, 2.75) is 90.5 Å². The number of fused-ring (bicyclic) bond motifs is 2. The summed E-state index contributed by atoms with van der Waals surface area (Å²) in [6.07, 6.45) is 4.37. The van der Waals surface area contributed by atoms with Crippen LogP contribution in [0.1, 0.15) is 67.2 Å². The van der Waals surface area contributed by atoms with Gasteiger partial charge in [0.25, 0.3) is 0 Å². The normalized spacial score (nSPS) is 30.1. The Balaban J connectivity index is 0.000000181. The van der Waals surface area contributed by atoms with Gasteiger partial charge in [-0.15, -0.1) is 0 Å². The molecule has 0 radical (unpaired) electrons. The molecule has 184 valence electrons. The van der Waals surface area contributed by atoms with Gasteiger partial charge in [0.2, 0.25) is 0 Å². The Kier molecular flexibility index (Phi) is 7.97. The zero-order valence-corrected chi connectivity index (χ0v) is 20.9. The third-order valence-electron chi connectivity index (χ3n) is 6.61. The molecule has 8 nitrogen and oxygen atoms in total. The molecule has 4 aliphatic heterocycles. The van der Waals surface area contributed by atoms with Crippen molar-refractivity contribution in [3.8, 4) is 0 Å². The number of nitrogens with one attached hydrogen (secondary N) is 2. The van der Waals surface area contributed by atoms with E-state index in [1.807, 2.05) is 51.3 Å². The first-order valence-electron chi connectivity index (χ1n) is 12.4. The molecule has 0 saturated carbocycles. The van der Waals surface area contributed by atoms with Gasteiger partial charge in [0.1, 0.15) is 11.2 Å². The molecular formula is C24H44N4O4. The van der Waals surface area contributed by atoms with Crippen LogP contribution in [0.4, 0.5) is 9.59 Å². The van der Waals surface area contributed by atoms with E-state index in [9.17, 15) is 9.59 Å². The molecule has 4 saturated heterocycles. The molecule has 2 amide bonds. The van der Waals surface area contributed by atoms with Gasteiger partial charge < -0.3 is 29.9 Å².